The standard InChI is InChI=1S/C18H27N/c1-13-11-18(2,3)12-16(13)19-17(15-9-10-15)14-7-5-4-6-8-14/h4-8,13,15-17,19H,9-12H2,1-3H3. The fourth-order valence-corrected chi connectivity index (χ4v) is 3.94. The van der Waals surface area contributed by atoms with Crippen molar-refractivity contribution in [3.63, 3.8) is 0 Å². The number of hydrogen-bond acceptors (Lipinski definition) is 1. The van der Waals surface area contributed by atoms with Gasteiger partial charge in [-0.15, -0.1) is 0 Å². The molecule has 2 aliphatic carbocycles. The summed E-state index contributed by atoms with van der Waals surface area (Å²) in [4.78, 5) is 0. The van der Waals surface area contributed by atoms with Crippen molar-refractivity contribution >= 4 is 0 Å². The third-order valence-electron chi connectivity index (χ3n) is 4.98. The summed E-state index contributed by atoms with van der Waals surface area (Å²) in [5.74, 6) is 1.68. The summed E-state index contributed by atoms with van der Waals surface area (Å²) < 4.78 is 0. The molecule has 1 heteroatoms. The lowest BCUT2D eigenvalue weighted by molar-refractivity contribution is 0.339. The van der Waals surface area contributed by atoms with Crippen molar-refractivity contribution in [1.29, 1.82) is 0 Å². The lowest BCUT2D eigenvalue weighted by Crippen LogP contribution is -2.36. The van der Waals surface area contributed by atoms with Crippen molar-refractivity contribution in [1.82, 2.24) is 5.32 Å². The van der Waals surface area contributed by atoms with E-state index in [4.69, 9.17) is 0 Å². The van der Waals surface area contributed by atoms with Gasteiger partial charge in [-0.3, -0.25) is 0 Å². The van der Waals surface area contributed by atoms with Crippen LogP contribution < -0.4 is 5.32 Å². The molecule has 0 aliphatic heterocycles. The molecule has 0 aromatic heterocycles. The summed E-state index contributed by atoms with van der Waals surface area (Å²) in [5.41, 5.74) is 2.00. The first-order valence-corrected chi connectivity index (χ1v) is 7.86. The van der Waals surface area contributed by atoms with Gasteiger partial charge in [0.1, 0.15) is 0 Å². The van der Waals surface area contributed by atoms with Gasteiger partial charge in [0, 0.05) is 12.1 Å². The minimum Gasteiger partial charge on any atom is -0.307 e. The van der Waals surface area contributed by atoms with Gasteiger partial charge in [-0.05, 0) is 48.5 Å². The molecule has 2 saturated carbocycles. The molecule has 0 heterocycles. The van der Waals surface area contributed by atoms with E-state index in [1.807, 2.05) is 0 Å². The first kappa shape index (κ1) is 13.2. The van der Waals surface area contributed by atoms with Gasteiger partial charge in [0.15, 0.2) is 0 Å². The second kappa shape index (κ2) is 4.94. The SMILES string of the molecule is CC1CC(C)(C)CC1NC(c1ccccc1)C1CC1. The van der Waals surface area contributed by atoms with Crippen LogP contribution in [0.4, 0.5) is 0 Å². The van der Waals surface area contributed by atoms with Crippen molar-refractivity contribution in [3.8, 4) is 0 Å². The highest BCUT2D eigenvalue weighted by atomic mass is 15.0. The number of rotatable bonds is 4. The maximum absolute atomic E-state index is 4.00. The zero-order valence-corrected chi connectivity index (χ0v) is 12.5. The molecule has 3 atom stereocenters. The Morgan fingerprint density at radius 3 is 2.32 bits per heavy atom. The van der Waals surface area contributed by atoms with E-state index < -0.39 is 0 Å². The second-order valence-electron chi connectivity index (χ2n) is 7.55. The molecule has 1 aromatic rings. The molecule has 2 aliphatic rings. The molecule has 3 rings (SSSR count). The van der Waals surface area contributed by atoms with Crippen molar-refractivity contribution in [2.45, 2.75) is 58.5 Å². The van der Waals surface area contributed by atoms with Crippen LogP contribution in [-0.4, -0.2) is 6.04 Å². The van der Waals surface area contributed by atoms with Gasteiger partial charge in [0.2, 0.25) is 0 Å². The Hall–Kier alpha value is -0.820. The van der Waals surface area contributed by atoms with E-state index in [0.717, 1.165) is 11.8 Å². The Kier molecular flexibility index (Phi) is 3.42. The predicted octanol–water partition coefficient (Wildman–Crippen LogP) is 4.55. The van der Waals surface area contributed by atoms with E-state index >= 15 is 0 Å². The van der Waals surface area contributed by atoms with Crippen LogP contribution in [-0.2, 0) is 0 Å². The highest BCUT2D eigenvalue weighted by Gasteiger charge is 2.40. The minimum absolute atomic E-state index is 0.516. The van der Waals surface area contributed by atoms with Crippen molar-refractivity contribution in [2.75, 3.05) is 0 Å². The first-order valence-electron chi connectivity index (χ1n) is 7.86. The normalized spacial score (nSPS) is 31.3. The zero-order valence-electron chi connectivity index (χ0n) is 12.5. The maximum atomic E-state index is 4.00. The summed E-state index contributed by atoms with van der Waals surface area (Å²) in [5, 5.41) is 4.00. The van der Waals surface area contributed by atoms with Crippen molar-refractivity contribution in [2.24, 2.45) is 17.3 Å². The molecule has 19 heavy (non-hydrogen) atoms. The monoisotopic (exact) mass is 257 g/mol. The van der Waals surface area contributed by atoms with Gasteiger partial charge in [0.25, 0.3) is 0 Å². The van der Waals surface area contributed by atoms with Gasteiger partial charge in [-0.25, -0.2) is 0 Å². The highest BCUT2D eigenvalue weighted by Crippen LogP contribution is 2.45. The van der Waals surface area contributed by atoms with Gasteiger partial charge in [-0.2, -0.15) is 0 Å². The summed E-state index contributed by atoms with van der Waals surface area (Å²) in [6, 6.07) is 12.3. The van der Waals surface area contributed by atoms with E-state index in [0.29, 0.717) is 17.5 Å². The van der Waals surface area contributed by atoms with Gasteiger partial charge >= 0.3 is 0 Å². The van der Waals surface area contributed by atoms with Crippen LogP contribution in [0.1, 0.15) is 58.1 Å². The smallest absolute Gasteiger partial charge is 0.0351 e. The summed E-state index contributed by atoms with van der Waals surface area (Å²) >= 11 is 0. The Labute approximate surface area is 117 Å². The van der Waals surface area contributed by atoms with E-state index in [1.54, 1.807) is 0 Å². The van der Waals surface area contributed by atoms with Crippen LogP contribution in [0.15, 0.2) is 30.3 Å². The quantitative estimate of drug-likeness (QED) is 0.834. The van der Waals surface area contributed by atoms with E-state index in [2.05, 4.69) is 56.4 Å². The van der Waals surface area contributed by atoms with Crippen LogP contribution in [0.5, 0.6) is 0 Å². The summed E-state index contributed by atoms with van der Waals surface area (Å²) in [7, 11) is 0. The molecular weight excluding hydrogens is 230 g/mol. The zero-order chi connectivity index (χ0) is 13.5. The molecule has 0 spiro atoms. The van der Waals surface area contributed by atoms with Crippen LogP contribution in [0.2, 0.25) is 0 Å². The van der Waals surface area contributed by atoms with Crippen molar-refractivity contribution in [3.05, 3.63) is 35.9 Å². The largest absolute Gasteiger partial charge is 0.307 e. The van der Waals surface area contributed by atoms with Gasteiger partial charge < -0.3 is 5.32 Å². The molecule has 1 aromatic carbocycles. The van der Waals surface area contributed by atoms with E-state index in [1.165, 1.54) is 31.2 Å². The number of hydrogen-bond donors (Lipinski definition) is 1. The second-order valence-corrected chi connectivity index (χ2v) is 7.55. The van der Waals surface area contributed by atoms with E-state index in [-0.39, 0.29) is 0 Å². The number of nitrogens with one attached hydrogen (secondary N) is 1. The minimum atomic E-state index is 0.516. The molecule has 0 saturated heterocycles. The lowest BCUT2D eigenvalue weighted by Gasteiger charge is -2.26. The van der Waals surface area contributed by atoms with Crippen LogP contribution in [0.25, 0.3) is 0 Å². The average Bonchev–Trinajstić information content (AvgIpc) is 3.15. The van der Waals surface area contributed by atoms with Gasteiger partial charge in [0.05, 0.1) is 0 Å². The Morgan fingerprint density at radius 1 is 1.11 bits per heavy atom. The predicted molar refractivity (Wildman–Crippen MR) is 81.0 cm³/mol. The molecule has 3 unspecified atom stereocenters. The third-order valence-corrected chi connectivity index (χ3v) is 4.98. The Bertz CT molecular complexity index is 419. The molecule has 1 nitrogen and oxygen atoms in total. The summed E-state index contributed by atoms with van der Waals surface area (Å²) in [6.45, 7) is 7.25. The van der Waals surface area contributed by atoms with E-state index in [9.17, 15) is 0 Å². The molecule has 0 amide bonds. The first-order chi connectivity index (χ1) is 9.05. The molecule has 1 N–H and O–H groups in total. The number of benzene rings is 1. The highest BCUT2D eigenvalue weighted by molar-refractivity contribution is 5.21. The molecule has 0 radical (unpaired) electrons. The molecular formula is C18H27N. The third kappa shape index (κ3) is 3.02. The topological polar surface area (TPSA) is 12.0 Å². The average molecular weight is 257 g/mol. The summed E-state index contributed by atoms with van der Waals surface area (Å²) in [6.07, 6.45) is 5.48. The van der Waals surface area contributed by atoms with Crippen LogP contribution in [0, 0.1) is 17.3 Å². The fraction of sp³-hybridized carbons (Fsp3) is 0.667. The fourth-order valence-electron chi connectivity index (χ4n) is 3.94. The Balaban J connectivity index is 1.73. The Morgan fingerprint density at radius 2 is 1.79 bits per heavy atom. The molecule has 0 bridgehead atoms. The van der Waals surface area contributed by atoms with Gasteiger partial charge in [-0.1, -0.05) is 51.1 Å². The molecule has 2 fully saturated rings. The molecule has 104 valence electrons. The maximum Gasteiger partial charge on any atom is 0.0351 e. The van der Waals surface area contributed by atoms with Crippen molar-refractivity contribution < 1.29 is 0 Å². The van der Waals surface area contributed by atoms with Crippen LogP contribution >= 0.6 is 0 Å². The lowest BCUT2D eigenvalue weighted by atomic mass is 9.91. The van der Waals surface area contributed by atoms with Crippen LogP contribution in [0.3, 0.4) is 0 Å².